The SMILES string of the molecule is O=C(NCCc1ccc(Br)cc1)N1CCCCC1CCO. The summed E-state index contributed by atoms with van der Waals surface area (Å²) in [5.74, 6) is 0. The van der Waals surface area contributed by atoms with Crippen LogP contribution in [0.3, 0.4) is 0 Å². The average molecular weight is 355 g/mol. The molecule has 2 N–H and O–H groups in total. The van der Waals surface area contributed by atoms with Gasteiger partial charge in [0.2, 0.25) is 0 Å². The van der Waals surface area contributed by atoms with Gasteiger partial charge in [0.15, 0.2) is 0 Å². The molecule has 1 heterocycles. The van der Waals surface area contributed by atoms with Crippen LogP contribution in [0.15, 0.2) is 28.7 Å². The molecule has 0 bridgehead atoms. The van der Waals surface area contributed by atoms with Crippen molar-refractivity contribution in [3.8, 4) is 0 Å². The third kappa shape index (κ3) is 5.00. The van der Waals surface area contributed by atoms with Crippen LogP contribution < -0.4 is 5.32 Å². The van der Waals surface area contributed by atoms with Gasteiger partial charge in [-0.2, -0.15) is 0 Å². The molecule has 116 valence electrons. The van der Waals surface area contributed by atoms with E-state index in [1.807, 2.05) is 17.0 Å². The van der Waals surface area contributed by atoms with Gasteiger partial charge < -0.3 is 15.3 Å². The molecule has 1 fully saturated rings. The summed E-state index contributed by atoms with van der Waals surface area (Å²) in [4.78, 5) is 14.1. The molecule has 1 atom stereocenters. The number of nitrogens with zero attached hydrogens (tertiary/aromatic N) is 1. The molecule has 1 saturated heterocycles. The third-order valence-corrected chi connectivity index (χ3v) is 4.48. The van der Waals surface area contributed by atoms with Crippen LogP contribution in [0, 0.1) is 0 Å². The van der Waals surface area contributed by atoms with E-state index in [4.69, 9.17) is 5.11 Å². The predicted octanol–water partition coefficient (Wildman–Crippen LogP) is 2.94. The molecule has 1 aromatic rings. The number of urea groups is 1. The Balaban J connectivity index is 1.78. The lowest BCUT2D eigenvalue weighted by molar-refractivity contribution is 0.132. The van der Waals surface area contributed by atoms with Crippen LogP contribution in [-0.4, -0.2) is 41.8 Å². The Morgan fingerprint density at radius 1 is 1.33 bits per heavy atom. The number of benzene rings is 1. The zero-order valence-corrected chi connectivity index (χ0v) is 13.8. The number of rotatable bonds is 5. The highest BCUT2D eigenvalue weighted by molar-refractivity contribution is 9.10. The highest BCUT2D eigenvalue weighted by atomic mass is 79.9. The molecule has 2 amide bonds. The Morgan fingerprint density at radius 3 is 2.81 bits per heavy atom. The molecular weight excluding hydrogens is 332 g/mol. The fraction of sp³-hybridized carbons (Fsp3) is 0.562. The summed E-state index contributed by atoms with van der Waals surface area (Å²) in [6.45, 7) is 1.59. The van der Waals surface area contributed by atoms with Gasteiger partial charge >= 0.3 is 6.03 Å². The van der Waals surface area contributed by atoms with E-state index in [-0.39, 0.29) is 18.7 Å². The molecule has 0 spiro atoms. The van der Waals surface area contributed by atoms with E-state index in [1.54, 1.807) is 0 Å². The number of halogens is 1. The molecule has 4 nitrogen and oxygen atoms in total. The minimum Gasteiger partial charge on any atom is -0.396 e. The number of likely N-dealkylation sites (tertiary alicyclic amines) is 1. The van der Waals surface area contributed by atoms with Crippen molar-refractivity contribution in [2.45, 2.75) is 38.1 Å². The van der Waals surface area contributed by atoms with Gasteiger partial charge in [0.05, 0.1) is 0 Å². The highest BCUT2D eigenvalue weighted by Gasteiger charge is 2.25. The first kappa shape index (κ1) is 16.3. The minimum absolute atomic E-state index is 0.00487. The number of aliphatic hydroxyl groups excluding tert-OH is 1. The molecular formula is C16H23BrN2O2. The van der Waals surface area contributed by atoms with E-state index < -0.39 is 0 Å². The second-order valence-electron chi connectivity index (χ2n) is 5.46. The summed E-state index contributed by atoms with van der Waals surface area (Å²) in [6, 6.07) is 8.34. The Bertz CT molecular complexity index is 448. The number of nitrogens with one attached hydrogen (secondary N) is 1. The van der Waals surface area contributed by atoms with E-state index in [0.29, 0.717) is 13.0 Å². The zero-order valence-electron chi connectivity index (χ0n) is 12.2. The summed E-state index contributed by atoms with van der Waals surface area (Å²) in [5, 5.41) is 12.1. The van der Waals surface area contributed by atoms with Gasteiger partial charge in [-0.05, 0) is 49.8 Å². The number of hydrogen-bond acceptors (Lipinski definition) is 2. The fourth-order valence-electron chi connectivity index (χ4n) is 2.78. The lowest BCUT2D eigenvalue weighted by atomic mass is 10.0. The van der Waals surface area contributed by atoms with Crippen LogP contribution in [0.25, 0.3) is 0 Å². The first-order valence-corrected chi connectivity index (χ1v) is 8.40. The number of piperidine rings is 1. The van der Waals surface area contributed by atoms with Crippen LogP contribution in [0.2, 0.25) is 0 Å². The summed E-state index contributed by atoms with van der Waals surface area (Å²) in [7, 11) is 0. The smallest absolute Gasteiger partial charge is 0.317 e. The first-order chi connectivity index (χ1) is 10.2. The molecule has 1 aliphatic heterocycles. The minimum atomic E-state index is 0.00487. The quantitative estimate of drug-likeness (QED) is 0.853. The van der Waals surface area contributed by atoms with Gasteiger partial charge in [-0.1, -0.05) is 28.1 Å². The van der Waals surface area contributed by atoms with Gasteiger partial charge in [-0.25, -0.2) is 4.79 Å². The van der Waals surface area contributed by atoms with Crippen molar-refractivity contribution in [2.24, 2.45) is 0 Å². The molecule has 1 unspecified atom stereocenters. The number of aliphatic hydroxyl groups is 1. The molecule has 1 aromatic carbocycles. The van der Waals surface area contributed by atoms with Gasteiger partial charge in [0.1, 0.15) is 0 Å². The molecule has 0 aliphatic carbocycles. The Hall–Kier alpha value is -1.07. The summed E-state index contributed by atoms with van der Waals surface area (Å²) in [5.41, 5.74) is 1.21. The van der Waals surface area contributed by atoms with E-state index in [1.165, 1.54) is 5.56 Å². The van der Waals surface area contributed by atoms with Crippen LogP contribution in [0.1, 0.15) is 31.2 Å². The van der Waals surface area contributed by atoms with E-state index >= 15 is 0 Å². The third-order valence-electron chi connectivity index (χ3n) is 3.95. The van der Waals surface area contributed by atoms with Gasteiger partial charge in [-0.3, -0.25) is 0 Å². The largest absolute Gasteiger partial charge is 0.396 e. The van der Waals surface area contributed by atoms with Crippen molar-refractivity contribution in [1.82, 2.24) is 10.2 Å². The van der Waals surface area contributed by atoms with Crippen molar-refractivity contribution in [3.63, 3.8) is 0 Å². The first-order valence-electron chi connectivity index (χ1n) is 7.60. The normalized spacial score (nSPS) is 18.6. The summed E-state index contributed by atoms with van der Waals surface area (Å²) in [6.07, 6.45) is 4.72. The van der Waals surface area contributed by atoms with Crippen molar-refractivity contribution in [2.75, 3.05) is 19.7 Å². The summed E-state index contributed by atoms with van der Waals surface area (Å²) >= 11 is 3.41. The molecule has 5 heteroatoms. The lowest BCUT2D eigenvalue weighted by Crippen LogP contribution is -2.49. The second kappa shape index (κ2) is 8.39. The van der Waals surface area contributed by atoms with Crippen LogP contribution >= 0.6 is 15.9 Å². The zero-order chi connectivity index (χ0) is 15.1. The number of hydrogen-bond donors (Lipinski definition) is 2. The maximum atomic E-state index is 12.3. The topological polar surface area (TPSA) is 52.6 Å². The standard InChI is InChI=1S/C16H23BrN2O2/c17-14-6-4-13(5-7-14)8-10-18-16(21)19-11-2-1-3-15(19)9-12-20/h4-7,15,20H,1-3,8-12H2,(H,18,21). The highest BCUT2D eigenvalue weighted by Crippen LogP contribution is 2.19. The Morgan fingerprint density at radius 2 is 2.10 bits per heavy atom. The van der Waals surface area contributed by atoms with E-state index in [9.17, 15) is 4.79 Å². The maximum Gasteiger partial charge on any atom is 0.317 e. The summed E-state index contributed by atoms with van der Waals surface area (Å²) < 4.78 is 1.07. The van der Waals surface area contributed by atoms with Crippen molar-refractivity contribution >= 4 is 22.0 Å². The average Bonchev–Trinajstić information content (AvgIpc) is 2.50. The Labute approximate surface area is 134 Å². The van der Waals surface area contributed by atoms with Gasteiger partial charge in [-0.15, -0.1) is 0 Å². The molecule has 1 aliphatic rings. The fourth-order valence-corrected chi connectivity index (χ4v) is 3.05. The van der Waals surface area contributed by atoms with Crippen molar-refractivity contribution in [1.29, 1.82) is 0 Å². The predicted molar refractivity (Wildman–Crippen MR) is 87.3 cm³/mol. The lowest BCUT2D eigenvalue weighted by Gasteiger charge is -2.35. The van der Waals surface area contributed by atoms with Gasteiger partial charge in [0.25, 0.3) is 0 Å². The van der Waals surface area contributed by atoms with Crippen LogP contribution in [0.5, 0.6) is 0 Å². The van der Waals surface area contributed by atoms with Crippen LogP contribution in [0.4, 0.5) is 4.79 Å². The maximum absolute atomic E-state index is 12.3. The van der Waals surface area contributed by atoms with Crippen molar-refractivity contribution < 1.29 is 9.90 Å². The van der Waals surface area contributed by atoms with E-state index in [2.05, 4.69) is 33.4 Å². The molecule has 0 radical (unpaired) electrons. The molecule has 2 rings (SSSR count). The monoisotopic (exact) mass is 354 g/mol. The second-order valence-corrected chi connectivity index (χ2v) is 6.38. The molecule has 0 saturated carbocycles. The van der Waals surface area contributed by atoms with Crippen molar-refractivity contribution in [3.05, 3.63) is 34.3 Å². The number of amides is 2. The molecule has 0 aromatic heterocycles. The van der Waals surface area contributed by atoms with Gasteiger partial charge in [0, 0.05) is 30.2 Å². The molecule has 21 heavy (non-hydrogen) atoms. The number of carbonyl (C=O) groups excluding carboxylic acids is 1. The van der Waals surface area contributed by atoms with E-state index in [0.717, 1.165) is 36.7 Å². The Kier molecular flexibility index (Phi) is 6.51. The number of carbonyl (C=O) groups is 1. The van der Waals surface area contributed by atoms with Crippen LogP contribution in [-0.2, 0) is 6.42 Å².